The minimum atomic E-state index is -0.666. The number of rotatable bonds is 3. The van der Waals surface area contributed by atoms with Crippen molar-refractivity contribution in [1.82, 2.24) is 4.98 Å². The molecule has 2 aromatic rings. The third-order valence-corrected chi connectivity index (χ3v) is 3.36. The highest BCUT2D eigenvalue weighted by atomic mass is 16.6. The van der Waals surface area contributed by atoms with Crippen LogP contribution >= 0.6 is 0 Å². The minimum absolute atomic E-state index is 0.0562. The van der Waals surface area contributed by atoms with Gasteiger partial charge in [-0.25, -0.2) is 4.79 Å². The number of ether oxygens (including phenoxy) is 3. The van der Waals surface area contributed by atoms with E-state index in [1.165, 1.54) is 12.3 Å². The third kappa shape index (κ3) is 2.39. The smallest absolute Gasteiger partial charge is 0.343 e. The van der Waals surface area contributed by atoms with Gasteiger partial charge in [0.25, 0.3) is 0 Å². The summed E-state index contributed by atoms with van der Waals surface area (Å²) in [6, 6.07) is 3.14. The number of aliphatic hydroxyl groups is 1. The van der Waals surface area contributed by atoms with Gasteiger partial charge in [0.1, 0.15) is 12.2 Å². The van der Waals surface area contributed by atoms with Gasteiger partial charge in [-0.05, 0) is 13.0 Å². The van der Waals surface area contributed by atoms with Crippen molar-refractivity contribution in [1.29, 1.82) is 0 Å². The Kier molecular flexibility index (Phi) is 3.72. The molecule has 3 rings (SSSR count). The molecule has 0 bridgehead atoms. The number of aliphatic hydroxyl groups excluding tert-OH is 1. The zero-order valence-electron chi connectivity index (χ0n) is 11.9. The van der Waals surface area contributed by atoms with Crippen LogP contribution in [0.1, 0.15) is 17.3 Å². The Balaban J connectivity index is 2.09. The second kappa shape index (κ2) is 5.69. The van der Waals surface area contributed by atoms with E-state index in [4.69, 9.17) is 19.3 Å². The van der Waals surface area contributed by atoms with Crippen LogP contribution in [0, 0.1) is 0 Å². The summed E-state index contributed by atoms with van der Waals surface area (Å²) >= 11 is 0. The van der Waals surface area contributed by atoms with Gasteiger partial charge >= 0.3 is 5.97 Å². The average Bonchev–Trinajstić information content (AvgIpc) is 2.53. The Morgan fingerprint density at radius 3 is 3.00 bits per heavy atom. The highest BCUT2D eigenvalue weighted by Crippen LogP contribution is 2.34. The summed E-state index contributed by atoms with van der Waals surface area (Å²) < 4.78 is 15.9. The Labute approximate surface area is 125 Å². The van der Waals surface area contributed by atoms with Crippen LogP contribution in [0.3, 0.4) is 0 Å². The fourth-order valence-corrected chi connectivity index (χ4v) is 2.28. The molecule has 1 unspecified atom stereocenters. The summed E-state index contributed by atoms with van der Waals surface area (Å²) in [6.45, 7) is 1.91. The van der Waals surface area contributed by atoms with Gasteiger partial charge in [-0.2, -0.15) is 0 Å². The summed E-state index contributed by atoms with van der Waals surface area (Å²) in [5.41, 5.74) is 0.0288. The van der Waals surface area contributed by atoms with Crippen LogP contribution in [-0.4, -0.2) is 42.0 Å². The van der Waals surface area contributed by atoms with Gasteiger partial charge in [-0.3, -0.25) is 4.79 Å². The number of nitrogens with one attached hydrogen (secondary N) is 1. The molecule has 1 aromatic heterocycles. The van der Waals surface area contributed by atoms with E-state index in [0.717, 1.165) is 0 Å². The lowest BCUT2D eigenvalue weighted by molar-refractivity contribution is 0.0458. The van der Waals surface area contributed by atoms with Crippen LogP contribution in [0.5, 0.6) is 11.5 Å². The van der Waals surface area contributed by atoms with Crippen molar-refractivity contribution in [3.63, 3.8) is 0 Å². The first kappa shape index (κ1) is 14.4. The van der Waals surface area contributed by atoms with Gasteiger partial charge < -0.3 is 24.3 Å². The summed E-state index contributed by atoms with van der Waals surface area (Å²) in [5, 5.41) is 9.42. The first-order valence-corrected chi connectivity index (χ1v) is 6.91. The zero-order chi connectivity index (χ0) is 15.7. The van der Waals surface area contributed by atoms with Crippen molar-refractivity contribution in [2.45, 2.75) is 13.0 Å². The van der Waals surface area contributed by atoms with Gasteiger partial charge in [0.2, 0.25) is 5.43 Å². The molecule has 1 atom stereocenters. The van der Waals surface area contributed by atoms with Crippen molar-refractivity contribution < 1.29 is 24.1 Å². The molecule has 2 heterocycles. The predicted molar refractivity (Wildman–Crippen MR) is 77.5 cm³/mol. The van der Waals surface area contributed by atoms with Gasteiger partial charge in [-0.15, -0.1) is 0 Å². The first-order chi connectivity index (χ1) is 10.6. The van der Waals surface area contributed by atoms with Crippen LogP contribution in [-0.2, 0) is 4.74 Å². The fourth-order valence-electron chi connectivity index (χ4n) is 2.28. The maximum Gasteiger partial charge on any atom is 0.343 e. The number of H-pyrrole nitrogens is 1. The molecule has 0 radical (unpaired) electrons. The summed E-state index contributed by atoms with van der Waals surface area (Å²) in [5.74, 6) is 0.182. The molecule has 0 saturated carbocycles. The van der Waals surface area contributed by atoms with Crippen molar-refractivity contribution in [3.8, 4) is 11.5 Å². The van der Waals surface area contributed by atoms with Gasteiger partial charge in [0, 0.05) is 12.3 Å². The Bertz CT molecular complexity index is 781. The molecule has 7 nitrogen and oxygen atoms in total. The lowest BCUT2D eigenvalue weighted by atomic mass is 10.1. The molecule has 0 aliphatic carbocycles. The average molecular weight is 305 g/mol. The van der Waals surface area contributed by atoms with Gasteiger partial charge in [0.15, 0.2) is 17.6 Å². The quantitative estimate of drug-likeness (QED) is 0.815. The van der Waals surface area contributed by atoms with Gasteiger partial charge in [-0.1, -0.05) is 0 Å². The first-order valence-electron chi connectivity index (χ1n) is 6.91. The number of carbonyl (C=O) groups excluding carboxylic acids is 1. The van der Waals surface area contributed by atoms with E-state index >= 15 is 0 Å². The molecule has 0 fully saturated rings. The van der Waals surface area contributed by atoms with Crippen molar-refractivity contribution in [2.75, 3.05) is 19.8 Å². The maximum absolute atomic E-state index is 12.4. The topological polar surface area (TPSA) is 97.9 Å². The van der Waals surface area contributed by atoms with Crippen molar-refractivity contribution >= 4 is 16.9 Å². The highest BCUT2D eigenvalue weighted by Gasteiger charge is 2.22. The van der Waals surface area contributed by atoms with E-state index in [1.807, 2.05) is 0 Å². The predicted octanol–water partition coefficient (Wildman–Crippen LogP) is 0.837. The fraction of sp³-hybridized carbons (Fsp3) is 0.333. The van der Waals surface area contributed by atoms with Gasteiger partial charge in [0.05, 0.1) is 24.1 Å². The molecular formula is C15H15NO6. The number of esters is 1. The molecule has 2 N–H and O–H groups in total. The number of hydrogen-bond acceptors (Lipinski definition) is 6. The lowest BCUT2D eigenvalue weighted by Crippen LogP contribution is -2.32. The second-order valence-corrected chi connectivity index (χ2v) is 4.83. The number of benzene rings is 1. The van der Waals surface area contributed by atoms with Crippen LogP contribution < -0.4 is 14.9 Å². The Morgan fingerprint density at radius 2 is 2.27 bits per heavy atom. The standard InChI is InChI=1S/C15H15NO6/c1-2-20-15(19)10-5-16-11-4-13-12(3-9(11)14(10)18)21-7-8(6-17)22-13/h3-5,8,17H,2,6-7H2,1H3,(H,16,18). The highest BCUT2D eigenvalue weighted by molar-refractivity contribution is 5.94. The third-order valence-electron chi connectivity index (χ3n) is 3.36. The molecule has 1 aromatic carbocycles. The zero-order valence-corrected chi connectivity index (χ0v) is 11.9. The molecule has 116 valence electrons. The van der Waals surface area contributed by atoms with E-state index in [9.17, 15) is 9.59 Å². The Hall–Kier alpha value is -2.54. The molecule has 22 heavy (non-hydrogen) atoms. The molecule has 0 spiro atoms. The number of fused-ring (bicyclic) bond motifs is 2. The van der Waals surface area contributed by atoms with Crippen molar-refractivity contribution in [3.05, 3.63) is 34.1 Å². The molecule has 1 aliphatic rings. The summed E-state index contributed by atoms with van der Waals surface area (Å²) in [4.78, 5) is 27.0. The monoisotopic (exact) mass is 305 g/mol. The summed E-state index contributed by atoms with van der Waals surface area (Å²) in [7, 11) is 0. The lowest BCUT2D eigenvalue weighted by Gasteiger charge is -2.25. The molecule has 1 aliphatic heterocycles. The second-order valence-electron chi connectivity index (χ2n) is 4.83. The molecule has 0 amide bonds. The number of aromatic nitrogens is 1. The van der Waals surface area contributed by atoms with Crippen LogP contribution in [0.4, 0.5) is 0 Å². The van der Waals surface area contributed by atoms with E-state index in [-0.39, 0.29) is 25.4 Å². The SMILES string of the molecule is CCOC(=O)c1c[nH]c2cc3c(cc2c1=O)OCC(CO)O3. The minimum Gasteiger partial charge on any atom is -0.486 e. The van der Waals surface area contributed by atoms with E-state index in [0.29, 0.717) is 22.4 Å². The summed E-state index contributed by atoms with van der Waals surface area (Å²) in [6.07, 6.45) is 0.887. The molecular weight excluding hydrogens is 290 g/mol. The van der Waals surface area contributed by atoms with Crippen molar-refractivity contribution in [2.24, 2.45) is 0 Å². The normalized spacial score (nSPS) is 16.5. The molecule has 0 saturated heterocycles. The van der Waals surface area contributed by atoms with Crippen LogP contribution in [0.2, 0.25) is 0 Å². The number of pyridine rings is 1. The van der Waals surface area contributed by atoms with E-state index in [1.54, 1.807) is 13.0 Å². The van der Waals surface area contributed by atoms with Crippen LogP contribution in [0.25, 0.3) is 10.9 Å². The van der Waals surface area contributed by atoms with E-state index in [2.05, 4.69) is 4.98 Å². The molecule has 7 heteroatoms. The number of carbonyl (C=O) groups is 1. The number of hydrogen-bond donors (Lipinski definition) is 2. The number of aromatic amines is 1. The van der Waals surface area contributed by atoms with E-state index < -0.39 is 17.5 Å². The maximum atomic E-state index is 12.4. The Morgan fingerprint density at radius 1 is 1.45 bits per heavy atom. The largest absolute Gasteiger partial charge is 0.486 e. The van der Waals surface area contributed by atoms with Crippen LogP contribution in [0.15, 0.2) is 23.1 Å².